The highest BCUT2D eigenvalue weighted by Gasteiger charge is 2.35. The van der Waals surface area contributed by atoms with Crippen LogP contribution in [-0.2, 0) is 4.74 Å². The first-order valence-electron chi connectivity index (χ1n) is 7.65. The van der Waals surface area contributed by atoms with E-state index in [4.69, 9.17) is 9.72 Å². The van der Waals surface area contributed by atoms with Crippen LogP contribution in [0.25, 0.3) is 10.2 Å². The van der Waals surface area contributed by atoms with Gasteiger partial charge >= 0.3 is 0 Å². The highest BCUT2D eigenvalue weighted by molar-refractivity contribution is 7.18. The molecule has 21 heavy (non-hydrogen) atoms. The Labute approximate surface area is 128 Å². The normalized spacial score (nSPS) is 24.8. The number of morpholine rings is 1. The molecule has 0 aromatic carbocycles. The van der Waals surface area contributed by atoms with Crippen LogP contribution in [0.3, 0.4) is 0 Å². The summed E-state index contributed by atoms with van der Waals surface area (Å²) in [5.41, 5.74) is 0. The summed E-state index contributed by atoms with van der Waals surface area (Å²) >= 11 is 1.74. The second kappa shape index (κ2) is 5.10. The molecule has 1 N–H and O–H groups in total. The molecule has 2 aromatic rings. The predicted molar refractivity (Wildman–Crippen MR) is 86.4 cm³/mol. The molecule has 112 valence electrons. The predicted octanol–water partition coefficient (Wildman–Crippen LogP) is 2.80. The van der Waals surface area contributed by atoms with E-state index in [9.17, 15) is 0 Å². The van der Waals surface area contributed by atoms with Crippen LogP contribution < -0.4 is 10.2 Å². The molecular formula is C15H20N4OS. The maximum atomic E-state index is 5.95. The minimum Gasteiger partial charge on any atom is -0.371 e. The van der Waals surface area contributed by atoms with Crippen molar-refractivity contribution in [3.8, 4) is 0 Å². The largest absolute Gasteiger partial charge is 0.371 e. The van der Waals surface area contributed by atoms with E-state index in [1.165, 1.54) is 23.1 Å². The number of anilines is 2. The molecule has 2 fully saturated rings. The Balaban J connectivity index is 1.78. The maximum absolute atomic E-state index is 5.95. The van der Waals surface area contributed by atoms with Gasteiger partial charge in [0.15, 0.2) is 0 Å². The van der Waals surface area contributed by atoms with Gasteiger partial charge in [0.05, 0.1) is 17.6 Å². The van der Waals surface area contributed by atoms with Crippen molar-refractivity contribution < 1.29 is 4.74 Å². The molecule has 0 amide bonds. The van der Waals surface area contributed by atoms with Crippen molar-refractivity contribution in [1.29, 1.82) is 0 Å². The topological polar surface area (TPSA) is 50.3 Å². The van der Waals surface area contributed by atoms with Crippen LogP contribution >= 0.6 is 11.3 Å². The molecule has 2 unspecified atom stereocenters. The number of hydrogen-bond acceptors (Lipinski definition) is 6. The van der Waals surface area contributed by atoms with Crippen molar-refractivity contribution in [2.75, 3.05) is 29.9 Å². The Morgan fingerprint density at radius 1 is 1.33 bits per heavy atom. The standard InChI is InChI=1S/C15H20N4OS/c1-3-16-15-17-13(12-6-9(2)21-14(12)18-15)19-7-10-4-5-11(8-19)20-10/h6,10-11H,3-5,7-8H2,1-2H3,(H,16,17,18). The van der Waals surface area contributed by atoms with Crippen molar-refractivity contribution in [3.63, 3.8) is 0 Å². The van der Waals surface area contributed by atoms with Gasteiger partial charge in [0.25, 0.3) is 0 Å². The number of aromatic nitrogens is 2. The highest BCUT2D eigenvalue weighted by Crippen LogP contribution is 2.35. The average Bonchev–Trinajstić information content (AvgIpc) is 2.99. The Morgan fingerprint density at radius 2 is 2.10 bits per heavy atom. The smallest absolute Gasteiger partial charge is 0.226 e. The molecule has 2 saturated heterocycles. The molecule has 2 aromatic heterocycles. The second-order valence-electron chi connectivity index (χ2n) is 5.84. The number of hydrogen-bond donors (Lipinski definition) is 1. The summed E-state index contributed by atoms with van der Waals surface area (Å²) in [5.74, 6) is 1.81. The number of rotatable bonds is 3. The van der Waals surface area contributed by atoms with Crippen LogP contribution in [0.15, 0.2) is 6.07 Å². The molecule has 0 aliphatic carbocycles. The van der Waals surface area contributed by atoms with Crippen LogP contribution in [-0.4, -0.2) is 41.8 Å². The lowest BCUT2D eigenvalue weighted by atomic mass is 10.2. The van der Waals surface area contributed by atoms with Gasteiger partial charge in [0.2, 0.25) is 5.95 Å². The number of ether oxygens (including phenoxy) is 1. The third kappa shape index (κ3) is 2.36. The summed E-state index contributed by atoms with van der Waals surface area (Å²) in [6.45, 7) is 6.93. The third-order valence-electron chi connectivity index (χ3n) is 4.17. The van der Waals surface area contributed by atoms with E-state index in [1.54, 1.807) is 11.3 Å². The summed E-state index contributed by atoms with van der Waals surface area (Å²) < 4.78 is 5.95. The van der Waals surface area contributed by atoms with Gasteiger partial charge in [0.1, 0.15) is 10.6 Å². The molecule has 4 heterocycles. The average molecular weight is 304 g/mol. The van der Waals surface area contributed by atoms with Crippen LogP contribution in [0.1, 0.15) is 24.6 Å². The van der Waals surface area contributed by atoms with E-state index in [0.29, 0.717) is 12.2 Å². The molecular weight excluding hydrogens is 284 g/mol. The van der Waals surface area contributed by atoms with Crippen LogP contribution in [0.2, 0.25) is 0 Å². The van der Waals surface area contributed by atoms with Crippen molar-refractivity contribution in [2.24, 2.45) is 0 Å². The zero-order valence-electron chi connectivity index (χ0n) is 12.4. The van der Waals surface area contributed by atoms with Crippen molar-refractivity contribution in [1.82, 2.24) is 9.97 Å². The van der Waals surface area contributed by atoms with Gasteiger partial charge in [-0.3, -0.25) is 0 Å². The molecule has 0 spiro atoms. The molecule has 5 nitrogen and oxygen atoms in total. The number of nitrogens with one attached hydrogen (secondary N) is 1. The first-order chi connectivity index (χ1) is 10.2. The van der Waals surface area contributed by atoms with Gasteiger partial charge in [0, 0.05) is 24.5 Å². The van der Waals surface area contributed by atoms with E-state index < -0.39 is 0 Å². The zero-order valence-corrected chi connectivity index (χ0v) is 13.2. The maximum Gasteiger partial charge on any atom is 0.226 e. The summed E-state index contributed by atoms with van der Waals surface area (Å²) in [5, 5.41) is 4.43. The van der Waals surface area contributed by atoms with E-state index >= 15 is 0 Å². The molecule has 0 saturated carbocycles. The van der Waals surface area contributed by atoms with Crippen molar-refractivity contribution in [2.45, 2.75) is 38.9 Å². The molecule has 4 rings (SSSR count). The number of thiophene rings is 1. The lowest BCUT2D eigenvalue weighted by Crippen LogP contribution is -2.43. The molecule has 2 aliphatic heterocycles. The first kappa shape index (κ1) is 13.3. The lowest BCUT2D eigenvalue weighted by Gasteiger charge is -2.33. The van der Waals surface area contributed by atoms with Crippen LogP contribution in [0, 0.1) is 6.92 Å². The monoisotopic (exact) mass is 304 g/mol. The minimum atomic E-state index is 0.371. The molecule has 0 radical (unpaired) electrons. The molecule has 2 bridgehead atoms. The quantitative estimate of drug-likeness (QED) is 0.945. The van der Waals surface area contributed by atoms with E-state index in [0.717, 1.165) is 36.2 Å². The molecule has 2 atom stereocenters. The van der Waals surface area contributed by atoms with Gasteiger partial charge in [-0.25, -0.2) is 4.98 Å². The Hall–Kier alpha value is -1.40. The van der Waals surface area contributed by atoms with E-state index in [1.807, 2.05) is 0 Å². The Bertz CT molecular complexity index is 659. The lowest BCUT2D eigenvalue weighted by molar-refractivity contribution is 0.0303. The molecule has 2 aliphatic rings. The third-order valence-corrected chi connectivity index (χ3v) is 5.12. The number of aryl methyl sites for hydroxylation is 1. The van der Waals surface area contributed by atoms with Gasteiger partial charge < -0.3 is 15.0 Å². The van der Waals surface area contributed by atoms with Gasteiger partial charge in [-0.1, -0.05) is 0 Å². The fourth-order valence-corrected chi connectivity index (χ4v) is 4.17. The Morgan fingerprint density at radius 3 is 2.81 bits per heavy atom. The van der Waals surface area contributed by atoms with Crippen LogP contribution in [0.4, 0.5) is 11.8 Å². The first-order valence-corrected chi connectivity index (χ1v) is 8.47. The second-order valence-corrected chi connectivity index (χ2v) is 7.07. The van der Waals surface area contributed by atoms with Gasteiger partial charge in [-0.05, 0) is 32.8 Å². The summed E-state index contributed by atoms with van der Waals surface area (Å²) in [4.78, 5) is 14.2. The summed E-state index contributed by atoms with van der Waals surface area (Å²) in [7, 11) is 0. The van der Waals surface area contributed by atoms with Crippen molar-refractivity contribution >= 4 is 33.3 Å². The number of fused-ring (bicyclic) bond motifs is 3. The Kier molecular flexibility index (Phi) is 3.23. The molecule has 6 heteroatoms. The van der Waals surface area contributed by atoms with Crippen LogP contribution in [0.5, 0.6) is 0 Å². The fraction of sp³-hybridized carbons (Fsp3) is 0.600. The fourth-order valence-electron chi connectivity index (χ4n) is 3.29. The van der Waals surface area contributed by atoms with E-state index in [-0.39, 0.29) is 0 Å². The summed E-state index contributed by atoms with van der Waals surface area (Å²) in [6.07, 6.45) is 3.10. The van der Waals surface area contributed by atoms with Crippen molar-refractivity contribution in [3.05, 3.63) is 10.9 Å². The minimum absolute atomic E-state index is 0.371. The highest BCUT2D eigenvalue weighted by atomic mass is 32.1. The zero-order chi connectivity index (χ0) is 14.4. The van der Waals surface area contributed by atoms with Gasteiger partial charge in [-0.2, -0.15) is 4.98 Å². The SMILES string of the molecule is CCNc1nc(N2CC3CCC(C2)O3)c2cc(C)sc2n1. The summed E-state index contributed by atoms with van der Waals surface area (Å²) in [6, 6.07) is 2.21. The number of nitrogens with zero attached hydrogens (tertiary/aromatic N) is 3. The van der Waals surface area contributed by atoms with Gasteiger partial charge in [-0.15, -0.1) is 11.3 Å². The van der Waals surface area contributed by atoms with E-state index in [2.05, 4.69) is 35.1 Å².